The van der Waals surface area contributed by atoms with E-state index in [-0.39, 0.29) is 0 Å². The van der Waals surface area contributed by atoms with Crippen LogP contribution in [-0.2, 0) is 9.59 Å². The number of carboxylic acid groups (broad SMARTS) is 1. The third kappa shape index (κ3) is 1.08. The highest BCUT2D eigenvalue weighted by atomic mass is 32.2. The van der Waals surface area contributed by atoms with Crippen molar-refractivity contribution in [3.63, 3.8) is 0 Å². The molecule has 1 amide bonds. The fourth-order valence-corrected chi connectivity index (χ4v) is 3.72. The number of hydrogen-bond acceptors (Lipinski definition) is 6. The van der Waals surface area contributed by atoms with Gasteiger partial charge in [0.1, 0.15) is 11.4 Å². The Morgan fingerprint density at radius 2 is 2.19 bits per heavy atom. The number of thioether (sulfide) groups is 1. The molecule has 0 saturated carbocycles. The first-order chi connectivity index (χ1) is 7.25. The van der Waals surface area contributed by atoms with Crippen molar-refractivity contribution in [2.75, 3.05) is 0 Å². The molecule has 2 aliphatic heterocycles. The summed E-state index contributed by atoms with van der Waals surface area (Å²) in [7, 11) is 0. The van der Waals surface area contributed by atoms with E-state index in [9.17, 15) is 14.5 Å². The maximum atomic E-state index is 11.6. The number of carboxylic acids is 1. The van der Waals surface area contributed by atoms with E-state index >= 15 is 0 Å². The first kappa shape index (κ1) is 11.3. The third-order valence-corrected chi connectivity index (χ3v) is 4.58. The molecule has 0 aromatic carbocycles. The second kappa shape index (κ2) is 2.95. The minimum Gasteiger partial charge on any atom is -0.480 e. The smallest absolute Gasteiger partial charge is 0.327 e. The fraction of sp³-hybridized carbons (Fsp3) is 0.750. The second-order valence-electron chi connectivity index (χ2n) is 4.44. The molecule has 0 bridgehead atoms. The Bertz CT molecular complexity index is 399. The summed E-state index contributed by atoms with van der Waals surface area (Å²) in [5, 5.41) is 11.0. The molecule has 2 heterocycles. The van der Waals surface area contributed by atoms with E-state index in [1.165, 1.54) is 11.8 Å². The van der Waals surface area contributed by atoms with Crippen LogP contribution in [0.25, 0.3) is 0 Å². The number of amides is 1. The number of nitrogens with zero attached hydrogens (tertiary/aromatic N) is 2. The van der Waals surface area contributed by atoms with Crippen LogP contribution in [0.5, 0.6) is 0 Å². The van der Waals surface area contributed by atoms with Gasteiger partial charge in [0, 0.05) is 4.75 Å². The lowest BCUT2D eigenvalue weighted by Gasteiger charge is -2.45. The van der Waals surface area contributed by atoms with Crippen LogP contribution in [0, 0.1) is 4.91 Å². The van der Waals surface area contributed by atoms with E-state index in [1.54, 1.807) is 13.8 Å². The monoisotopic (exact) mass is 245 g/mol. The van der Waals surface area contributed by atoms with Crippen molar-refractivity contribution in [3.05, 3.63) is 4.91 Å². The Hall–Kier alpha value is -1.15. The summed E-state index contributed by atoms with van der Waals surface area (Å²) in [5.74, 6) is -1.81. The number of carbonyl (C=O) groups excluding carboxylic acids is 1. The van der Waals surface area contributed by atoms with Crippen LogP contribution in [0.15, 0.2) is 5.18 Å². The molecule has 0 aromatic rings. The van der Waals surface area contributed by atoms with Crippen LogP contribution >= 0.6 is 11.8 Å². The molecule has 88 valence electrons. The lowest BCUT2D eigenvalue weighted by molar-refractivity contribution is -0.165. The van der Waals surface area contributed by atoms with Gasteiger partial charge >= 0.3 is 5.97 Å². The highest BCUT2D eigenvalue weighted by Crippen LogP contribution is 2.54. The van der Waals surface area contributed by atoms with Crippen LogP contribution in [0.4, 0.5) is 0 Å². The Labute approximate surface area is 95.3 Å². The normalized spacial score (nSPS) is 40.2. The Morgan fingerprint density at radius 1 is 1.62 bits per heavy atom. The first-order valence-corrected chi connectivity index (χ1v) is 5.50. The maximum absolute atomic E-state index is 11.6. The average Bonchev–Trinajstić information content (AvgIpc) is 2.46. The molecule has 8 heteroatoms. The lowest BCUT2D eigenvalue weighted by atomic mass is 9.93. The number of carbonyl (C=O) groups is 2. The summed E-state index contributed by atoms with van der Waals surface area (Å²) in [6.07, 6.45) is 0. The van der Waals surface area contributed by atoms with Crippen LogP contribution in [0.1, 0.15) is 13.8 Å². The SMILES string of the molecule is CC1(C)S[C@H]2N(C(=O)[C@@]2(N)N=O)[C@H]1C(=O)O. The molecule has 2 aliphatic rings. The fourth-order valence-electron chi connectivity index (χ4n) is 2.15. The number of rotatable bonds is 2. The van der Waals surface area contributed by atoms with Gasteiger partial charge in [0.2, 0.25) is 0 Å². The van der Waals surface area contributed by atoms with E-state index in [2.05, 4.69) is 5.18 Å². The molecule has 3 N–H and O–H groups in total. The standard InChI is InChI=1S/C8H11N3O4S/c1-7(2)3(4(12)13)11-5(14)8(9,10-15)6(11)16-7/h3,6H,9H2,1-2H3,(H,12,13)/t3-,6+,8+/m0/s1. The van der Waals surface area contributed by atoms with Gasteiger partial charge in [-0.2, -0.15) is 0 Å². The summed E-state index contributed by atoms with van der Waals surface area (Å²) in [4.78, 5) is 34.4. The molecule has 7 nitrogen and oxygen atoms in total. The van der Waals surface area contributed by atoms with E-state index < -0.39 is 33.7 Å². The van der Waals surface area contributed by atoms with Crippen molar-refractivity contribution in [2.45, 2.75) is 35.7 Å². The summed E-state index contributed by atoms with van der Waals surface area (Å²) < 4.78 is -0.683. The zero-order valence-electron chi connectivity index (χ0n) is 8.71. The molecule has 16 heavy (non-hydrogen) atoms. The summed E-state index contributed by atoms with van der Waals surface area (Å²) in [5.41, 5.74) is 3.73. The van der Waals surface area contributed by atoms with Gasteiger partial charge in [-0.3, -0.25) is 10.5 Å². The quantitative estimate of drug-likeness (QED) is 0.503. The van der Waals surface area contributed by atoms with E-state index in [4.69, 9.17) is 10.8 Å². The summed E-state index contributed by atoms with van der Waals surface area (Å²) in [6, 6.07) is -0.964. The molecule has 2 fully saturated rings. The zero-order chi connectivity index (χ0) is 12.3. The Morgan fingerprint density at radius 3 is 2.62 bits per heavy atom. The minimum absolute atomic E-state index is 0.673. The molecule has 0 radical (unpaired) electrons. The lowest BCUT2D eigenvalue weighted by Crippen LogP contribution is -2.76. The molecular weight excluding hydrogens is 234 g/mol. The molecular formula is C8H11N3O4S. The second-order valence-corrected chi connectivity index (χ2v) is 6.18. The van der Waals surface area contributed by atoms with Crippen molar-refractivity contribution in [3.8, 4) is 0 Å². The van der Waals surface area contributed by atoms with Crippen LogP contribution in [-0.4, -0.2) is 43.7 Å². The van der Waals surface area contributed by atoms with Gasteiger partial charge in [-0.05, 0) is 19.0 Å². The Kier molecular flexibility index (Phi) is 2.09. The average molecular weight is 245 g/mol. The number of nitroso groups, excluding NO2 is 1. The number of nitrogens with two attached hydrogens (primary N) is 1. The Balaban J connectivity index is 2.39. The highest BCUT2D eigenvalue weighted by molar-refractivity contribution is 8.01. The van der Waals surface area contributed by atoms with Gasteiger partial charge in [-0.1, -0.05) is 0 Å². The molecule has 0 aliphatic carbocycles. The van der Waals surface area contributed by atoms with Crippen LogP contribution < -0.4 is 5.73 Å². The van der Waals surface area contributed by atoms with Gasteiger partial charge in [-0.25, -0.2) is 4.79 Å². The van der Waals surface area contributed by atoms with E-state index in [1.807, 2.05) is 0 Å². The van der Waals surface area contributed by atoms with Crippen LogP contribution in [0.3, 0.4) is 0 Å². The molecule has 0 aromatic heterocycles. The van der Waals surface area contributed by atoms with E-state index in [0.717, 1.165) is 4.90 Å². The predicted molar refractivity (Wildman–Crippen MR) is 56.4 cm³/mol. The summed E-state index contributed by atoms with van der Waals surface area (Å²) in [6.45, 7) is 3.40. The van der Waals surface area contributed by atoms with Crippen LogP contribution in [0.2, 0.25) is 0 Å². The van der Waals surface area contributed by atoms with Crippen molar-refractivity contribution >= 4 is 23.6 Å². The maximum Gasteiger partial charge on any atom is 0.327 e. The highest BCUT2D eigenvalue weighted by Gasteiger charge is 2.71. The van der Waals surface area contributed by atoms with Crippen molar-refractivity contribution in [1.82, 2.24) is 4.90 Å². The van der Waals surface area contributed by atoms with Gasteiger partial charge in [0.25, 0.3) is 11.6 Å². The van der Waals surface area contributed by atoms with Gasteiger partial charge in [0.15, 0.2) is 0 Å². The van der Waals surface area contributed by atoms with Crippen molar-refractivity contribution in [2.24, 2.45) is 10.9 Å². The molecule has 3 atom stereocenters. The third-order valence-electron chi connectivity index (χ3n) is 2.94. The van der Waals surface area contributed by atoms with Gasteiger partial charge in [-0.15, -0.1) is 16.7 Å². The summed E-state index contributed by atoms with van der Waals surface area (Å²) >= 11 is 1.19. The number of fused-ring (bicyclic) bond motifs is 1. The topological polar surface area (TPSA) is 113 Å². The largest absolute Gasteiger partial charge is 0.480 e. The van der Waals surface area contributed by atoms with Crippen molar-refractivity contribution in [1.29, 1.82) is 0 Å². The number of hydrogen-bond donors (Lipinski definition) is 2. The molecule has 0 spiro atoms. The van der Waals surface area contributed by atoms with Gasteiger partial charge < -0.3 is 10.0 Å². The van der Waals surface area contributed by atoms with Gasteiger partial charge in [0.05, 0.1) is 0 Å². The number of aliphatic carboxylic acids is 1. The first-order valence-electron chi connectivity index (χ1n) is 4.62. The predicted octanol–water partition coefficient (Wildman–Crippen LogP) is -0.445. The van der Waals surface area contributed by atoms with E-state index in [0.29, 0.717) is 0 Å². The number of β-lactam (4-membered cyclic amide) rings is 1. The molecule has 2 rings (SSSR count). The molecule has 0 unspecified atom stereocenters. The zero-order valence-corrected chi connectivity index (χ0v) is 9.52. The van der Waals surface area contributed by atoms with Crippen molar-refractivity contribution < 1.29 is 14.7 Å². The minimum atomic E-state index is -1.80. The molecule has 2 saturated heterocycles.